The van der Waals surface area contributed by atoms with E-state index in [1.54, 1.807) is 6.92 Å². The SMILES string of the molecule is COC(=O)C1NC(=O)C1(C)CCCN. The van der Waals surface area contributed by atoms with Crippen LogP contribution in [-0.4, -0.2) is 31.6 Å². The number of ether oxygens (including phenoxy) is 1. The van der Waals surface area contributed by atoms with Gasteiger partial charge in [0.1, 0.15) is 6.04 Å². The van der Waals surface area contributed by atoms with Crippen LogP contribution in [0.5, 0.6) is 0 Å². The fraction of sp³-hybridized carbons (Fsp3) is 0.778. The molecule has 1 aliphatic heterocycles. The average molecular weight is 200 g/mol. The van der Waals surface area contributed by atoms with Crippen LogP contribution in [0.4, 0.5) is 0 Å². The lowest BCUT2D eigenvalue weighted by Gasteiger charge is -2.44. The smallest absolute Gasteiger partial charge is 0.329 e. The molecule has 0 aromatic heterocycles. The van der Waals surface area contributed by atoms with Gasteiger partial charge in [-0.05, 0) is 26.3 Å². The van der Waals surface area contributed by atoms with E-state index in [0.717, 1.165) is 6.42 Å². The summed E-state index contributed by atoms with van der Waals surface area (Å²) in [5.74, 6) is -0.481. The highest BCUT2D eigenvalue weighted by molar-refractivity contribution is 6.00. The number of β-lactam (4-membered cyclic amide) rings is 1. The first-order chi connectivity index (χ1) is 6.56. The van der Waals surface area contributed by atoms with Crippen molar-refractivity contribution >= 4 is 11.9 Å². The minimum atomic E-state index is -0.632. The number of nitrogens with two attached hydrogens (primary N) is 1. The molecule has 5 heteroatoms. The lowest BCUT2D eigenvalue weighted by molar-refractivity contribution is -0.163. The van der Waals surface area contributed by atoms with Crippen LogP contribution in [0.2, 0.25) is 0 Å². The van der Waals surface area contributed by atoms with Crippen molar-refractivity contribution in [1.82, 2.24) is 5.32 Å². The third-order valence-electron chi connectivity index (χ3n) is 2.77. The second-order valence-corrected chi connectivity index (χ2v) is 3.74. The molecular weight excluding hydrogens is 184 g/mol. The molecule has 1 fully saturated rings. The summed E-state index contributed by atoms with van der Waals surface area (Å²) >= 11 is 0. The van der Waals surface area contributed by atoms with Gasteiger partial charge in [0.15, 0.2) is 0 Å². The topological polar surface area (TPSA) is 81.4 Å². The van der Waals surface area contributed by atoms with Crippen LogP contribution in [0.15, 0.2) is 0 Å². The van der Waals surface area contributed by atoms with Crippen molar-refractivity contribution in [3.8, 4) is 0 Å². The monoisotopic (exact) mass is 200 g/mol. The zero-order chi connectivity index (χ0) is 10.8. The summed E-state index contributed by atoms with van der Waals surface area (Å²) < 4.78 is 4.59. The Morgan fingerprint density at radius 2 is 2.36 bits per heavy atom. The maximum atomic E-state index is 11.3. The van der Waals surface area contributed by atoms with E-state index < -0.39 is 11.5 Å². The molecule has 0 radical (unpaired) electrons. The first-order valence-corrected chi connectivity index (χ1v) is 4.65. The molecule has 1 aliphatic rings. The van der Waals surface area contributed by atoms with Gasteiger partial charge in [-0.15, -0.1) is 0 Å². The van der Waals surface area contributed by atoms with Crippen LogP contribution in [0, 0.1) is 5.41 Å². The number of amides is 1. The summed E-state index contributed by atoms with van der Waals surface area (Å²) in [6.45, 7) is 2.29. The normalized spacial score (nSPS) is 30.5. The number of methoxy groups -OCH3 is 1. The summed E-state index contributed by atoms with van der Waals surface area (Å²) in [6.07, 6.45) is 1.35. The van der Waals surface area contributed by atoms with E-state index in [-0.39, 0.29) is 11.9 Å². The van der Waals surface area contributed by atoms with Crippen LogP contribution < -0.4 is 11.1 Å². The molecule has 14 heavy (non-hydrogen) atoms. The quantitative estimate of drug-likeness (QED) is 0.469. The zero-order valence-electron chi connectivity index (χ0n) is 8.50. The minimum absolute atomic E-state index is 0.0960. The van der Waals surface area contributed by atoms with Crippen LogP contribution in [-0.2, 0) is 14.3 Å². The van der Waals surface area contributed by atoms with Crippen LogP contribution in [0.3, 0.4) is 0 Å². The van der Waals surface area contributed by atoms with Crippen molar-refractivity contribution in [3.05, 3.63) is 0 Å². The summed E-state index contributed by atoms with van der Waals surface area (Å²) in [7, 11) is 1.32. The molecule has 1 heterocycles. The van der Waals surface area contributed by atoms with Crippen LogP contribution >= 0.6 is 0 Å². The fourth-order valence-corrected chi connectivity index (χ4v) is 1.67. The summed E-state index contributed by atoms with van der Waals surface area (Å²) in [5, 5.41) is 2.54. The molecule has 0 bridgehead atoms. The molecule has 1 amide bonds. The number of rotatable bonds is 4. The Morgan fingerprint density at radius 1 is 1.71 bits per heavy atom. The molecule has 1 saturated heterocycles. The van der Waals surface area contributed by atoms with Crippen molar-refractivity contribution in [3.63, 3.8) is 0 Å². The van der Waals surface area contributed by atoms with Crippen molar-refractivity contribution in [2.45, 2.75) is 25.8 Å². The van der Waals surface area contributed by atoms with E-state index in [4.69, 9.17) is 5.73 Å². The third-order valence-corrected chi connectivity index (χ3v) is 2.77. The molecule has 0 aromatic carbocycles. The number of carbonyl (C=O) groups is 2. The molecule has 0 aliphatic carbocycles. The molecule has 3 N–H and O–H groups in total. The highest BCUT2D eigenvalue weighted by atomic mass is 16.5. The Balaban J connectivity index is 2.63. The van der Waals surface area contributed by atoms with Gasteiger partial charge in [0.25, 0.3) is 0 Å². The first kappa shape index (κ1) is 11.0. The van der Waals surface area contributed by atoms with Gasteiger partial charge >= 0.3 is 5.97 Å². The maximum absolute atomic E-state index is 11.3. The minimum Gasteiger partial charge on any atom is -0.467 e. The van der Waals surface area contributed by atoms with Gasteiger partial charge in [0, 0.05) is 0 Å². The van der Waals surface area contributed by atoms with Gasteiger partial charge in [-0.2, -0.15) is 0 Å². The highest BCUT2D eigenvalue weighted by Gasteiger charge is 2.54. The van der Waals surface area contributed by atoms with Crippen molar-refractivity contribution in [2.75, 3.05) is 13.7 Å². The van der Waals surface area contributed by atoms with Gasteiger partial charge in [0.05, 0.1) is 12.5 Å². The summed E-state index contributed by atoms with van der Waals surface area (Å²) in [4.78, 5) is 22.6. The second-order valence-electron chi connectivity index (χ2n) is 3.74. The van der Waals surface area contributed by atoms with Gasteiger partial charge in [0.2, 0.25) is 5.91 Å². The van der Waals surface area contributed by atoms with Crippen LogP contribution in [0.25, 0.3) is 0 Å². The Morgan fingerprint density at radius 3 is 2.79 bits per heavy atom. The van der Waals surface area contributed by atoms with Gasteiger partial charge in [-0.3, -0.25) is 4.79 Å². The van der Waals surface area contributed by atoms with Crippen molar-refractivity contribution in [2.24, 2.45) is 11.1 Å². The Hall–Kier alpha value is -1.10. The van der Waals surface area contributed by atoms with E-state index in [9.17, 15) is 9.59 Å². The van der Waals surface area contributed by atoms with E-state index in [1.807, 2.05) is 0 Å². The molecule has 2 atom stereocenters. The molecular formula is C9H16N2O3. The van der Waals surface area contributed by atoms with E-state index in [2.05, 4.69) is 10.1 Å². The van der Waals surface area contributed by atoms with E-state index in [1.165, 1.54) is 7.11 Å². The van der Waals surface area contributed by atoms with Crippen molar-refractivity contribution in [1.29, 1.82) is 0 Å². The van der Waals surface area contributed by atoms with Gasteiger partial charge in [-0.1, -0.05) is 0 Å². The number of hydrogen-bond donors (Lipinski definition) is 2. The molecule has 2 unspecified atom stereocenters. The first-order valence-electron chi connectivity index (χ1n) is 4.65. The Labute approximate surface area is 83.0 Å². The molecule has 1 rings (SSSR count). The standard InChI is InChI=1S/C9H16N2O3/c1-9(4-3-5-10)6(7(12)14-2)11-8(9)13/h6H,3-5,10H2,1-2H3,(H,11,13). The average Bonchev–Trinajstić information content (AvgIpc) is 2.21. The lowest BCUT2D eigenvalue weighted by atomic mass is 9.71. The van der Waals surface area contributed by atoms with E-state index in [0.29, 0.717) is 13.0 Å². The molecule has 5 nitrogen and oxygen atoms in total. The predicted octanol–water partition coefficient (Wildman–Crippen LogP) is -0.597. The molecule has 0 saturated carbocycles. The summed E-state index contributed by atoms with van der Waals surface area (Å²) in [5.41, 5.74) is 4.73. The van der Waals surface area contributed by atoms with E-state index >= 15 is 0 Å². The number of nitrogens with one attached hydrogen (secondary N) is 1. The number of esters is 1. The number of hydrogen-bond acceptors (Lipinski definition) is 4. The third kappa shape index (κ3) is 1.59. The largest absolute Gasteiger partial charge is 0.467 e. The van der Waals surface area contributed by atoms with Crippen LogP contribution in [0.1, 0.15) is 19.8 Å². The second kappa shape index (κ2) is 3.96. The summed E-state index contributed by atoms with van der Waals surface area (Å²) in [6, 6.07) is -0.508. The molecule has 0 aromatic rings. The Kier molecular flexibility index (Phi) is 3.10. The Bertz CT molecular complexity index is 254. The highest BCUT2D eigenvalue weighted by Crippen LogP contribution is 2.35. The molecule has 0 spiro atoms. The molecule has 80 valence electrons. The van der Waals surface area contributed by atoms with Crippen molar-refractivity contribution < 1.29 is 14.3 Å². The lowest BCUT2D eigenvalue weighted by Crippen LogP contribution is -2.69. The zero-order valence-corrected chi connectivity index (χ0v) is 8.50. The van der Waals surface area contributed by atoms with Gasteiger partial charge in [-0.25, -0.2) is 4.79 Å². The van der Waals surface area contributed by atoms with Gasteiger partial charge < -0.3 is 15.8 Å². The predicted molar refractivity (Wildman–Crippen MR) is 50.3 cm³/mol. The number of carbonyl (C=O) groups excluding carboxylic acids is 2. The maximum Gasteiger partial charge on any atom is 0.329 e. The fourth-order valence-electron chi connectivity index (χ4n) is 1.67.